The summed E-state index contributed by atoms with van der Waals surface area (Å²) < 4.78 is 5.32. The smallest absolute Gasteiger partial charge is 0.150 e. The highest BCUT2D eigenvalue weighted by Crippen LogP contribution is 2.13. The fourth-order valence-corrected chi connectivity index (χ4v) is 1.22. The highest BCUT2D eigenvalue weighted by molar-refractivity contribution is 4.94. The fraction of sp³-hybridized carbons (Fsp3) is 0.800. The Morgan fingerprint density at radius 3 is 2.71 bits per heavy atom. The van der Waals surface area contributed by atoms with Crippen LogP contribution in [0.2, 0.25) is 0 Å². The van der Waals surface area contributed by atoms with E-state index in [1.54, 1.807) is 7.11 Å². The average Bonchev–Trinajstić information content (AvgIpc) is 2.53. The summed E-state index contributed by atoms with van der Waals surface area (Å²) in [7, 11) is 1.71. The van der Waals surface area contributed by atoms with Gasteiger partial charge in [-0.15, -0.1) is 0 Å². The Bertz CT molecular complexity index is 281. The maximum absolute atomic E-state index is 5.32. The molecule has 14 heavy (non-hydrogen) atoms. The van der Waals surface area contributed by atoms with Gasteiger partial charge >= 0.3 is 0 Å². The van der Waals surface area contributed by atoms with Gasteiger partial charge in [0.2, 0.25) is 0 Å². The van der Waals surface area contributed by atoms with Crippen LogP contribution in [0.15, 0.2) is 0 Å². The number of aryl methyl sites for hydroxylation is 1. The van der Waals surface area contributed by atoms with Gasteiger partial charge in [-0.2, -0.15) is 5.10 Å². The van der Waals surface area contributed by atoms with Crippen LogP contribution in [-0.4, -0.2) is 27.9 Å². The van der Waals surface area contributed by atoms with Gasteiger partial charge in [0.15, 0.2) is 5.82 Å². The summed E-state index contributed by atoms with van der Waals surface area (Å²) in [6.45, 7) is 6.19. The second-order valence-electron chi connectivity index (χ2n) is 4.09. The molecule has 0 aliphatic heterocycles. The molecule has 0 radical (unpaired) electrons. The number of H-pyrrole nitrogens is 1. The molecule has 0 saturated carbocycles. The van der Waals surface area contributed by atoms with Crippen molar-refractivity contribution in [3.8, 4) is 0 Å². The predicted molar refractivity (Wildman–Crippen MR) is 55.2 cm³/mol. The molecule has 1 rings (SSSR count). The van der Waals surface area contributed by atoms with Crippen molar-refractivity contribution >= 4 is 0 Å². The number of hydrogen-bond donors (Lipinski definition) is 1. The molecule has 0 atom stereocenters. The summed E-state index contributed by atoms with van der Waals surface area (Å²) in [6.07, 6.45) is 2.77. The second-order valence-corrected chi connectivity index (χ2v) is 4.09. The Kier molecular flexibility index (Phi) is 3.63. The van der Waals surface area contributed by atoms with E-state index in [9.17, 15) is 0 Å². The van der Waals surface area contributed by atoms with Crippen molar-refractivity contribution in [2.24, 2.45) is 0 Å². The van der Waals surface area contributed by atoms with Gasteiger partial charge in [0.05, 0.1) is 5.60 Å². The second kappa shape index (κ2) is 4.55. The summed E-state index contributed by atoms with van der Waals surface area (Å²) >= 11 is 0. The van der Waals surface area contributed by atoms with Crippen molar-refractivity contribution < 1.29 is 4.74 Å². The molecule has 0 amide bonds. The largest absolute Gasteiger partial charge is 0.378 e. The topological polar surface area (TPSA) is 50.8 Å². The molecule has 4 nitrogen and oxygen atoms in total. The lowest BCUT2D eigenvalue weighted by Crippen LogP contribution is -2.26. The van der Waals surface area contributed by atoms with E-state index >= 15 is 0 Å². The van der Waals surface area contributed by atoms with Gasteiger partial charge in [-0.05, 0) is 20.3 Å². The number of aromatic nitrogens is 3. The van der Waals surface area contributed by atoms with Crippen LogP contribution in [0.4, 0.5) is 0 Å². The molecule has 1 aromatic rings. The lowest BCUT2D eigenvalue weighted by atomic mass is 10.1. The number of rotatable bonds is 5. The van der Waals surface area contributed by atoms with Gasteiger partial charge in [0.25, 0.3) is 0 Å². The van der Waals surface area contributed by atoms with Crippen molar-refractivity contribution in [1.29, 1.82) is 0 Å². The van der Waals surface area contributed by atoms with Crippen LogP contribution in [0.1, 0.15) is 38.8 Å². The van der Waals surface area contributed by atoms with Crippen LogP contribution in [0.25, 0.3) is 0 Å². The van der Waals surface area contributed by atoms with Crippen molar-refractivity contribution in [3.63, 3.8) is 0 Å². The predicted octanol–water partition coefficient (Wildman–Crippen LogP) is 1.72. The van der Waals surface area contributed by atoms with E-state index in [-0.39, 0.29) is 5.60 Å². The van der Waals surface area contributed by atoms with E-state index in [1.165, 1.54) is 0 Å². The Hall–Kier alpha value is -0.900. The van der Waals surface area contributed by atoms with Gasteiger partial charge in [-0.3, -0.25) is 5.10 Å². The zero-order chi connectivity index (χ0) is 10.6. The van der Waals surface area contributed by atoms with Crippen molar-refractivity contribution in [2.75, 3.05) is 7.11 Å². The molecule has 0 unspecified atom stereocenters. The first kappa shape index (κ1) is 11.2. The molecule has 0 saturated heterocycles. The molecule has 4 heteroatoms. The third kappa shape index (κ3) is 3.10. The molecule has 0 spiro atoms. The maximum atomic E-state index is 5.32. The normalized spacial score (nSPS) is 12.0. The minimum Gasteiger partial charge on any atom is -0.378 e. The molecule has 0 aromatic carbocycles. The Balaban J connectivity index is 2.59. The molecular weight excluding hydrogens is 178 g/mol. The van der Waals surface area contributed by atoms with Crippen molar-refractivity contribution in [1.82, 2.24) is 15.2 Å². The molecule has 0 aliphatic rings. The quantitative estimate of drug-likeness (QED) is 0.782. The van der Waals surface area contributed by atoms with Crippen molar-refractivity contribution in [3.05, 3.63) is 11.6 Å². The van der Waals surface area contributed by atoms with Crippen LogP contribution < -0.4 is 0 Å². The molecule has 0 bridgehead atoms. The van der Waals surface area contributed by atoms with Crippen LogP contribution in [-0.2, 0) is 17.6 Å². The average molecular weight is 197 g/mol. The highest BCUT2D eigenvalue weighted by Gasteiger charge is 2.19. The SMILES string of the molecule is CCCc1n[nH]c(CC(C)(C)OC)n1. The van der Waals surface area contributed by atoms with E-state index in [4.69, 9.17) is 4.74 Å². The summed E-state index contributed by atoms with van der Waals surface area (Å²) in [4.78, 5) is 4.39. The van der Waals surface area contributed by atoms with Crippen LogP contribution in [0.5, 0.6) is 0 Å². The van der Waals surface area contributed by atoms with Crippen LogP contribution in [0, 0.1) is 0 Å². The zero-order valence-electron chi connectivity index (χ0n) is 9.42. The minimum atomic E-state index is -0.178. The number of hydrogen-bond acceptors (Lipinski definition) is 3. The first-order valence-corrected chi connectivity index (χ1v) is 5.02. The summed E-state index contributed by atoms with van der Waals surface area (Å²) in [5.41, 5.74) is -0.178. The number of aromatic amines is 1. The van der Waals surface area contributed by atoms with E-state index in [0.29, 0.717) is 0 Å². The Morgan fingerprint density at radius 2 is 2.14 bits per heavy atom. The number of nitrogens with zero attached hydrogens (tertiary/aromatic N) is 2. The van der Waals surface area contributed by atoms with Gasteiger partial charge in [-0.25, -0.2) is 4.98 Å². The molecule has 1 heterocycles. The lowest BCUT2D eigenvalue weighted by molar-refractivity contribution is 0.0216. The monoisotopic (exact) mass is 197 g/mol. The Morgan fingerprint density at radius 1 is 1.43 bits per heavy atom. The number of ether oxygens (including phenoxy) is 1. The van der Waals surface area contributed by atoms with Gasteiger partial charge in [0, 0.05) is 20.0 Å². The van der Waals surface area contributed by atoms with Gasteiger partial charge in [-0.1, -0.05) is 6.92 Å². The highest BCUT2D eigenvalue weighted by atomic mass is 16.5. The summed E-state index contributed by atoms with van der Waals surface area (Å²) in [5, 5.41) is 7.07. The standard InChI is InChI=1S/C10H19N3O/c1-5-6-8-11-9(13-12-8)7-10(2,3)14-4/h5-7H2,1-4H3,(H,11,12,13). The summed E-state index contributed by atoms with van der Waals surface area (Å²) in [6, 6.07) is 0. The third-order valence-corrected chi connectivity index (χ3v) is 2.20. The number of methoxy groups -OCH3 is 1. The Labute approximate surface area is 85.1 Å². The maximum Gasteiger partial charge on any atom is 0.150 e. The van der Waals surface area contributed by atoms with E-state index in [2.05, 4.69) is 22.1 Å². The van der Waals surface area contributed by atoms with E-state index in [1.807, 2.05) is 13.8 Å². The zero-order valence-corrected chi connectivity index (χ0v) is 9.42. The fourth-order valence-electron chi connectivity index (χ4n) is 1.22. The van der Waals surface area contributed by atoms with Crippen molar-refractivity contribution in [2.45, 2.75) is 45.6 Å². The first-order chi connectivity index (χ1) is 6.57. The van der Waals surface area contributed by atoms with Crippen LogP contribution >= 0.6 is 0 Å². The molecule has 1 aromatic heterocycles. The molecule has 80 valence electrons. The molecular formula is C10H19N3O. The third-order valence-electron chi connectivity index (χ3n) is 2.20. The van der Waals surface area contributed by atoms with E-state index < -0.39 is 0 Å². The first-order valence-electron chi connectivity index (χ1n) is 5.02. The summed E-state index contributed by atoms with van der Waals surface area (Å²) in [5.74, 6) is 1.80. The number of nitrogens with one attached hydrogen (secondary N) is 1. The van der Waals surface area contributed by atoms with E-state index in [0.717, 1.165) is 30.9 Å². The van der Waals surface area contributed by atoms with Gasteiger partial charge in [0.1, 0.15) is 5.82 Å². The molecule has 0 fully saturated rings. The molecule has 1 N–H and O–H groups in total. The minimum absolute atomic E-state index is 0.178. The van der Waals surface area contributed by atoms with Gasteiger partial charge < -0.3 is 4.74 Å². The lowest BCUT2D eigenvalue weighted by Gasteiger charge is -2.20. The van der Waals surface area contributed by atoms with Crippen LogP contribution in [0.3, 0.4) is 0 Å². The molecule has 0 aliphatic carbocycles.